The molecule has 114 valence electrons. The normalized spacial score (nSPS) is 21.7. The van der Waals surface area contributed by atoms with Crippen LogP contribution in [0.4, 0.5) is 0 Å². The Morgan fingerprint density at radius 1 is 1.38 bits per heavy atom. The van der Waals surface area contributed by atoms with Crippen LogP contribution in [0.3, 0.4) is 0 Å². The summed E-state index contributed by atoms with van der Waals surface area (Å²) in [7, 11) is -3.42. The Morgan fingerprint density at radius 3 is 2.76 bits per heavy atom. The van der Waals surface area contributed by atoms with E-state index in [4.69, 9.17) is 5.26 Å². The van der Waals surface area contributed by atoms with Crippen LogP contribution in [-0.2, 0) is 15.8 Å². The maximum absolute atomic E-state index is 12.3. The van der Waals surface area contributed by atoms with Gasteiger partial charge in [0, 0.05) is 6.04 Å². The van der Waals surface area contributed by atoms with Crippen LogP contribution in [0, 0.1) is 16.7 Å². The fraction of sp³-hybridized carbons (Fsp3) is 0.562. The molecule has 0 saturated heterocycles. The number of rotatable bonds is 4. The van der Waals surface area contributed by atoms with Crippen molar-refractivity contribution in [1.29, 1.82) is 5.26 Å². The molecule has 0 spiro atoms. The zero-order valence-electron chi connectivity index (χ0n) is 12.6. The van der Waals surface area contributed by atoms with Crippen molar-refractivity contribution in [2.24, 2.45) is 5.41 Å². The highest BCUT2D eigenvalue weighted by Gasteiger charge is 2.30. The molecule has 21 heavy (non-hydrogen) atoms. The van der Waals surface area contributed by atoms with Crippen molar-refractivity contribution in [3.05, 3.63) is 35.4 Å². The van der Waals surface area contributed by atoms with E-state index in [9.17, 15) is 8.42 Å². The number of nitrogens with zero attached hydrogens (tertiary/aromatic N) is 1. The summed E-state index contributed by atoms with van der Waals surface area (Å²) in [5.74, 6) is -0.131. The number of hydrogen-bond donors (Lipinski definition) is 1. The van der Waals surface area contributed by atoms with Crippen LogP contribution in [-0.4, -0.2) is 14.5 Å². The Bertz CT molecular complexity index is 644. The number of nitrogens with one attached hydrogen (secondary N) is 1. The summed E-state index contributed by atoms with van der Waals surface area (Å²) in [5, 5.41) is 9.04. The predicted molar refractivity (Wildman–Crippen MR) is 83.0 cm³/mol. The van der Waals surface area contributed by atoms with Crippen molar-refractivity contribution in [2.45, 2.75) is 51.3 Å². The van der Waals surface area contributed by atoms with Crippen LogP contribution in [0.5, 0.6) is 0 Å². The van der Waals surface area contributed by atoms with Crippen LogP contribution < -0.4 is 4.72 Å². The minimum atomic E-state index is -3.42. The van der Waals surface area contributed by atoms with E-state index in [0.717, 1.165) is 25.7 Å². The molecule has 0 aromatic heterocycles. The van der Waals surface area contributed by atoms with Gasteiger partial charge in [-0.15, -0.1) is 0 Å². The lowest BCUT2D eigenvalue weighted by Crippen LogP contribution is -2.41. The molecule has 0 radical (unpaired) electrons. The SMILES string of the molecule is CC1(C)CCCC(NS(=O)(=O)Cc2ccccc2C#N)C1. The van der Waals surface area contributed by atoms with Crippen LogP contribution in [0.1, 0.15) is 50.7 Å². The molecule has 0 heterocycles. The monoisotopic (exact) mass is 306 g/mol. The number of nitriles is 1. The van der Waals surface area contributed by atoms with Gasteiger partial charge in [-0.2, -0.15) is 5.26 Å². The third-order valence-corrected chi connectivity index (χ3v) is 5.42. The van der Waals surface area contributed by atoms with E-state index in [0.29, 0.717) is 11.1 Å². The number of benzene rings is 1. The number of hydrogen-bond acceptors (Lipinski definition) is 3. The zero-order valence-corrected chi connectivity index (χ0v) is 13.4. The highest BCUT2D eigenvalue weighted by molar-refractivity contribution is 7.88. The molecule has 5 heteroatoms. The first-order valence-electron chi connectivity index (χ1n) is 7.29. The maximum atomic E-state index is 12.3. The first kappa shape index (κ1) is 16.0. The van der Waals surface area contributed by atoms with Gasteiger partial charge in [0.15, 0.2) is 0 Å². The van der Waals surface area contributed by atoms with Crippen molar-refractivity contribution in [3.63, 3.8) is 0 Å². The van der Waals surface area contributed by atoms with Gasteiger partial charge in [-0.1, -0.05) is 38.5 Å². The largest absolute Gasteiger partial charge is 0.216 e. The predicted octanol–water partition coefficient (Wildman–Crippen LogP) is 2.95. The van der Waals surface area contributed by atoms with E-state index < -0.39 is 10.0 Å². The first-order valence-corrected chi connectivity index (χ1v) is 8.95. The second-order valence-electron chi connectivity index (χ2n) is 6.60. The van der Waals surface area contributed by atoms with E-state index in [2.05, 4.69) is 18.6 Å². The van der Waals surface area contributed by atoms with Crippen LogP contribution >= 0.6 is 0 Å². The van der Waals surface area contributed by atoms with Crippen molar-refractivity contribution < 1.29 is 8.42 Å². The first-order chi connectivity index (χ1) is 9.81. The van der Waals surface area contributed by atoms with Crippen molar-refractivity contribution in [2.75, 3.05) is 0 Å². The lowest BCUT2D eigenvalue weighted by molar-refractivity contribution is 0.212. The Kier molecular flexibility index (Phi) is 4.70. The summed E-state index contributed by atoms with van der Waals surface area (Å²) in [6.45, 7) is 4.36. The molecule has 0 bridgehead atoms. The van der Waals surface area contributed by atoms with Gasteiger partial charge in [0.25, 0.3) is 0 Å². The van der Waals surface area contributed by atoms with Gasteiger partial charge in [-0.3, -0.25) is 0 Å². The Hall–Kier alpha value is -1.38. The third-order valence-electron chi connectivity index (χ3n) is 4.03. The average molecular weight is 306 g/mol. The molecule has 1 aliphatic carbocycles. The van der Waals surface area contributed by atoms with E-state index in [1.54, 1.807) is 24.3 Å². The summed E-state index contributed by atoms with van der Waals surface area (Å²) in [5.41, 5.74) is 1.17. The molecule has 1 N–H and O–H groups in total. The standard InChI is InChI=1S/C16H22N2O2S/c1-16(2)9-5-8-15(10-16)18-21(19,20)12-14-7-4-3-6-13(14)11-17/h3-4,6-7,15,18H,5,8-10,12H2,1-2H3. The highest BCUT2D eigenvalue weighted by Crippen LogP contribution is 2.35. The van der Waals surface area contributed by atoms with Gasteiger partial charge in [0.05, 0.1) is 17.4 Å². The van der Waals surface area contributed by atoms with E-state index in [-0.39, 0.29) is 17.2 Å². The molecular formula is C16H22N2O2S. The fourth-order valence-corrected chi connectivity index (χ4v) is 4.51. The van der Waals surface area contributed by atoms with Crippen LogP contribution in [0.25, 0.3) is 0 Å². The smallest absolute Gasteiger partial charge is 0.212 e. The van der Waals surface area contributed by atoms with Crippen molar-refractivity contribution in [1.82, 2.24) is 4.72 Å². The molecule has 2 rings (SSSR count). The highest BCUT2D eigenvalue weighted by atomic mass is 32.2. The topological polar surface area (TPSA) is 70.0 Å². The van der Waals surface area contributed by atoms with Gasteiger partial charge < -0.3 is 0 Å². The molecule has 4 nitrogen and oxygen atoms in total. The molecule has 1 saturated carbocycles. The quantitative estimate of drug-likeness (QED) is 0.929. The molecule has 1 aromatic carbocycles. The molecule has 1 unspecified atom stereocenters. The second-order valence-corrected chi connectivity index (χ2v) is 8.36. The number of sulfonamides is 1. The minimum absolute atomic E-state index is 0.00741. The molecule has 1 aromatic rings. The Morgan fingerprint density at radius 2 is 2.10 bits per heavy atom. The van der Waals surface area contributed by atoms with E-state index in [1.807, 2.05) is 6.07 Å². The summed E-state index contributed by atoms with van der Waals surface area (Å²) < 4.78 is 27.5. The van der Waals surface area contributed by atoms with E-state index in [1.165, 1.54) is 0 Å². The zero-order chi connectivity index (χ0) is 15.5. The summed E-state index contributed by atoms with van der Waals surface area (Å²) in [6, 6.07) is 8.90. The van der Waals surface area contributed by atoms with Gasteiger partial charge in [0.1, 0.15) is 0 Å². The molecule has 0 amide bonds. The lowest BCUT2D eigenvalue weighted by atomic mass is 9.75. The molecule has 1 atom stereocenters. The van der Waals surface area contributed by atoms with Crippen molar-refractivity contribution >= 4 is 10.0 Å². The lowest BCUT2D eigenvalue weighted by Gasteiger charge is -2.35. The van der Waals surface area contributed by atoms with Crippen LogP contribution in [0.15, 0.2) is 24.3 Å². The maximum Gasteiger partial charge on any atom is 0.216 e. The fourth-order valence-electron chi connectivity index (χ4n) is 3.05. The van der Waals surface area contributed by atoms with Crippen LogP contribution in [0.2, 0.25) is 0 Å². The Balaban J connectivity index is 2.07. The minimum Gasteiger partial charge on any atom is -0.212 e. The van der Waals surface area contributed by atoms with E-state index >= 15 is 0 Å². The van der Waals surface area contributed by atoms with Gasteiger partial charge in [0.2, 0.25) is 10.0 Å². The average Bonchev–Trinajstić information content (AvgIpc) is 2.37. The molecule has 1 fully saturated rings. The van der Waals surface area contributed by atoms with Gasteiger partial charge in [-0.05, 0) is 36.3 Å². The summed E-state index contributed by atoms with van der Waals surface area (Å²) in [4.78, 5) is 0. The molecule has 0 aliphatic heterocycles. The van der Waals surface area contributed by atoms with Crippen molar-refractivity contribution in [3.8, 4) is 6.07 Å². The van der Waals surface area contributed by atoms with Gasteiger partial charge in [-0.25, -0.2) is 13.1 Å². The second kappa shape index (κ2) is 6.17. The third kappa shape index (κ3) is 4.55. The molecular weight excluding hydrogens is 284 g/mol. The van der Waals surface area contributed by atoms with Gasteiger partial charge >= 0.3 is 0 Å². The summed E-state index contributed by atoms with van der Waals surface area (Å²) >= 11 is 0. The Labute approximate surface area is 127 Å². The summed E-state index contributed by atoms with van der Waals surface area (Å²) in [6.07, 6.45) is 3.95. The molecule has 1 aliphatic rings.